The molecule has 0 heterocycles. The highest BCUT2D eigenvalue weighted by Crippen LogP contribution is 2.15. The Bertz CT molecular complexity index is 688. The molecule has 0 aliphatic carbocycles. The number of halogens is 1. The summed E-state index contributed by atoms with van der Waals surface area (Å²) in [5.74, 6) is -0.671. The minimum absolute atomic E-state index is 0.201. The van der Waals surface area contributed by atoms with E-state index < -0.39 is 12.0 Å². The molecule has 6 heteroatoms. The van der Waals surface area contributed by atoms with Gasteiger partial charge in [0, 0.05) is 17.9 Å². The summed E-state index contributed by atoms with van der Waals surface area (Å²) < 4.78 is 5.50. The standard InChI is InChI=1S/C19H20ClNO4/c20-15-8-10-16(11-9-15)25-12-4-7-18(22)21-17(19(23)24)13-14-5-2-1-3-6-14/h1-3,5-6,8-11,17H,4,7,12-13H2,(H,21,22)(H,23,24). The fraction of sp³-hybridized carbons (Fsp3) is 0.263. The summed E-state index contributed by atoms with van der Waals surface area (Å²) in [6.45, 7) is 0.367. The summed E-state index contributed by atoms with van der Waals surface area (Å²) in [6, 6.07) is 15.2. The number of hydrogen-bond acceptors (Lipinski definition) is 3. The molecule has 2 aromatic carbocycles. The Morgan fingerprint density at radius 1 is 1.08 bits per heavy atom. The number of benzene rings is 2. The quantitative estimate of drug-likeness (QED) is 0.672. The summed E-state index contributed by atoms with van der Waals surface area (Å²) in [5.41, 5.74) is 0.862. The van der Waals surface area contributed by atoms with E-state index in [1.165, 1.54) is 0 Å². The van der Waals surface area contributed by atoms with Gasteiger partial charge in [0.15, 0.2) is 0 Å². The molecule has 0 saturated heterocycles. The van der Waals surface area contributed by atoms with Crippen LogP contribution in [0.3, 0.4) is 0 Å². The van der Waals surface area contributed by atoms with Crippen molar-refractivity contribution in [2.75, 3.05) is 6.61 Å². The third-order valence-corrected chi connectivity index (χ3v) is 3.80. The van der Waals surface area contributed by atoms with E-state index in [1.807, 2.05) is 30.3 Å². The predicted octanol–water partition coefficient (Wildman–Crippen LogP) is 3.31. The number of rotatable bonds is 9. The molecule has 0 aromatic heterocycles. The van der Waals surface area contributed by atoms with E-state index in [4.69, 9.17) is 16.3 Å². The lowest BCUT2D eigenvalue weighted by Crippen LogP contribution is -2.42. The van der Waals surface area contributed by atoms with Gasteiger partial charge in [0.25, 0.3) is 0 Å². The molecule has 1 unspecified atom stereocenters. The van der Waals surface area contributed by atoms with E-state index in [1.54, 1.807) is 24.3 Å². The van der Waals surface area contributed by atoms with Crippen LogP contribution in [0, 0.1) is 0 Å². The number of amides is 1. The van der Waals surface area contributed by atoms with E-state index >= 15 is 0 Å². The lowest BCUT2D eigenvalue weighted by molar-refractivity contribution is -0.141. The van der Waals surface area contributed by atoms with Crippen LogP contribution in [0.25, 0.3) is 0 Å². The van der Waals surface area contributed by atoms with Crippen molar-refractivity contribution in [2.45, 2.75) is 25.3 Å². The smallest absolute Gasteiger partial charge is 0.326 e. The van der Waals surface area contributed by atoms with Gasteiger partial charge in [-0.3, -0.25) is 4.79 Å². The van der Waals surface area contributed by atoms with Crippen LogP contribution in [0.15, 0.2) is 54.6 Å². The van der Waals surface area contributed by atoms with Crippen molar-refractivity contribution >= 4 is 23.5 Å². The van der Waals surface area contributed by atoms with Gasteiger partial charge in [-0.25, -0.2) is 4.79 Å². The topological polar surface area (TPSA) is 75.6 Å². The molecule has 2 rings (SSSR count). The molecule has 0 aliphatic rings. The molecule has 25 heavy (non-hydrogen) atoms. The largest absolute Gasteiger partial charge is 0.494 e. The molecule has 0 saturated carbocycles. The zero-order chi connectivity index (χ0) is 18.1. The van der Waals surface area contributed by atoms with Crippen LogP contribution in [-0.4, -0.2) is 29.6 Å². The number of hydrogen-bond donors (Lipinski definition) is 2. The van der Waals surface area contributed by atoms with E-state index in [0.717, 1.165) is 5.56 Å². The summed E-state index contributed by atoms with van der Waals surface area (Å²) >= 11 is 5.79. The first kappa shape index (κ1) is 18.8. The number of carboxylic acid groups (broad SMARTS) is 1. The van der Waals surface area contributed by atoms with Gasteiger partial charge in [-0.1, -0.05) is 41.9 Å². The molecule has 5 nitrogen and oxygen atoms in total. The number of carbonyl (C=O) groups is 2. The molecule has 0 aliphatic heterocycles. The average Bonchev–Trinajstić information content (AvgIpc) is 2.60. The van der Waals surface area contributed by atoms with Gasteiger partial charge in [0.05, 0.1) is 6.61 Å². The molecule has 0 fully saturated rings. The second-order valence-electron chi connectivity index (χ2n) is 5.55. The third kappa shape index (κ3) is 6.85. The van der Waals surface area contributed by atoms with Crippen LogP contribution in [-0.2, 0) is 16.0 Å². The Kier molecular flexibility index (Phi) is 7.29. The molecular weight excluding hydrogens is 342 g/mol. The SMILES string of the molecule is O=C(CCCOc1ccc(Cl)cc1)NC(Cc1ccccc1)C(=O)O. The molecule has 0 bridgehead atoms. The second kappa shape index (κ2) is 9.69. The highest BCUT2D eigenvalue weighted by molar-refractivity contribution is 6.30. The summed E-state index contributed by atoms with van der Waals surface area (Å²) in [6.07, 6.45) is 0.946. The van der Waals surface area contributed by atoms with Crippen LogP contribution in [0.1, 0.15) is 18.4 Å². The van der Waals surface area contributed by atoms with E-state index in [2.05, 4.69) is 5.32 Å². The fourth-order valence-corrected chi connectivity index (χ4v) is 2.40. The maximum absolute atomic E-state index is 12.0. The maximum atomic E-state index is 12.0. The Morgan fingerprint density at radius 3 is 2.40 bits per heavy atom. The number of ether oxygens (including phenoxy) is 1. The number of carboxylic acids is 1. The van der Waals surface area contributed by atoms with Crippen LogP contribution in [0.2, 0.25) is 5.02 Å². The lowest BCUT2D eigenvalue weighted by atomic mass is 10.1. The van der Waals surface area contributed by atoms with Crippen LogP contribution in [0.5, 0.6) is 5.75 Å². The van der Waals surface area contributed by atoms with Gasteiger partial charge >= 0.3 is 5.97 Å². The first-order valence-corrected chi connectivity index (χ1v) is 8.37. The van der Waals surface area contributed by atoms with Crippen molar-refractivity contribution in [2.24, 2.45) is 0 Å². The minimum atomic E-state index is -1.05. The van der Waals surface area contributed by atoms with E-state index in [-0.39, 0.29) is 18.7 Å². The Balaban J connectivity index is 1.73. The average molecular weight is 362 g/mol. The van der Waals surface area contributed by atoms with Crippen LogP contribution < -0.4 is 10.1 Å². The van der Waals surface area contributed by atoms with Gasteiger partial charge in [-0.2, -0.15) is 0 Å². The third-order valence-electron chi connectivity index (χ3n) is 3.55. The van der Waals surface area contributed by atoms with Gasteiger partial charge in [-0.05, 0) is 36.2 Å². The molecule has 2 aromatic rings. The fourth-order valence-electron chi connectivity index (χ4n) is 2.27. The van der Waals surface area contributed by atoms with E-state index in [0.29, 0.717) is 23.8 Å². The monoisotopic (exact) mass is 361 g/mol. The Labute approximate surface area is 151 Å². The first-order valence-electron chi connectivity index (χ1n) is 7.99. The van der Waals surface area contributed by atoms with Crippen molar-refractivity contribution in [3.05, 3.63) is 65.2 Å². The molecule has 132 valence electrons. The Hall–Kier alpha value is -2.53. The summed E-state index contributed by atoms with van der Waals surface area (Å²) in [4.78, 5) is 23.3. The molecule has 1 atom stereocenters. The Morgan fingerprint density at radius 2 is 1.76 bits per heavy atom. The summed E-state index contributed by atoms with van der Waals surface area (Å²) in [7, 11) is 0. The van der Waals surface area contributed by atoms with Gasteiger partial charge in [-0.15, -0.1) is 0 Å². The highest BCUT2D eigenvalue weighted by Gasteiger charge is 2.20. The molecule has 0 spiro atoms. The first-order chi connectivity index (χ1) is 12.0. The van der Waals surface area contributed by atoms with Crippen molar-refractivity contribution in [1.29, 1.82) is 0 Å². The molecule has 0 radical (unpaired) electrons. The van der Waals surface area contributed by atoms with Gasteiger partial charge in [0.1, 0.15) is 11.8 Å². The summed E-state index contributed by atoms with van der Waals surface area (Å²) in [5, 5.41) is 12.5. The zero-order valence-corrected chi connectivity index (χ0v) is 14.4. The van der Waals surface area contributed by atoms with Gasteiger partial charge < -0.3 is 15.2 Å². The highest BCUT2D eigenvalue weighted by atomic mass is 35.5. The van der Waals surface area contributed by atoms with E-state index in [9.17, 15) is 14.7 Å². The minimum Gasteiger partial charge on any atom is -0.494 e. The second-order valence-corrected chi connectivity index (χ2v) is 5.99. The normalized spacial score (nSPS) is 11.6. The van der Waals surface area contributed by atoms with Crippen molar-refractivity contribution < 1.29 is 19.4 Å². The predicted molar refractivity (Wildman–Crippen MR) is 95.9 cm³/mol. The number of aliphatic carboxylic acids is 1. The maximum Gasteiger partial charge on any atom is 0.326 e. The van der Waals surface area contributed by atoms with Crippen molar-refractivity contribution in [3.8, 4) is 5.75 Å². The zero-order valence-electron chi connectivity index (χ0n) is 13.7. The molecule has 1 amide bonds. The lowest BCUT2D eigenvalue weighted by Gasteiger charge is -2.14. The number of carbonyl (C=O) groups excluding carboxylic acids is 1. The van der Waals surface area contributed by atoms with Crippen molar-refractivity contribution in [3.63, 3.8) is 0 Å². The van der Waals surface area contributed by atoms with Crippen LogP contribution >= 0.6 is 11.6 Å². The molecular formula is C19H20ClNO4. The van der Waals surface area contributed by atoms with Crippen molar-refractivity contribution in [1.82, 2.24) is 5.32 Å². The molecule has 2 N–H and O–H groups in total. The van der Waals surface area contributed by atoms with Gasteiger partial charge in [0.2, 0.25) is 5.91 Å². The number of nitrogens with one attached hydrogen (secondary N) is 1. The van der Waals surface area contributed by atoms with Crippen LogP contribution in [0.4, 0.5) is 0 Å².